The Labute approximate surface area is 136 Å². The molecule has 1 aromatic heterocycles. The van der Waals surface area contributed by atoms with Crippen molar-refractivity contribution < 1.29 is 4.42 Å². The highest BCUT2D eigenvalue weighted by Crippen LogP contribution is 2.35. The van der Waals surface area contributed by atoms with Crippen molar-refractivity contribution in [3.63, 3.8) is 0 Å². The Balaban J connectivity index is 2.44. The van der Waals surface area contributed by atoms with Gasteiger partial charge in [-0.1, -0.05) is 64.1 Å². The molecular weight excluding hydrogens is 284 g/mol. The zero-order valence-corrected chi connectivity index (χ0v) is 14.1. The summed E-state index contributed by atoms with van der Waals surface area (Å²) in [5.74, 6) is 0.744. The van der Waals surface area contributed by atoms with Crippen LogP contribution in [0.15, 0.2) is 57.7 Å². The lowest BCUT2D eigenvalue weighted by atomic mass is 9.89. The number of rotatable bonds is 3. The molecule has 0 saturated heterocycles. The molecule has 1 heterocycles. The van der Waals surface area contributed by atoms with Crippen molar-refractivity contribution in [1.82, 2.24) is 0 Å². The Morgan fingerprint density at radius 3 is 2.17 bits per heavy atom. The average molecular weight is 306 g/mol. The van der Waals surface area contributed by atoms with Crippen LogP contribution in [0.1, 0.15) is 50.7 Å². The van der Waals surface area contributed by atoms with Crippen molar-refractivity contribution in [2.75, 3.05) is 0 Å². The van der Waals surface area contributed by atoms with E-state index < -0.39 is 0 Å². The highest BCUT2D eigenvalue weighted by Gasteiger charge is 2.16. The van der Waals surface area contributed by atoms with E-state index in [1.807, 2.05) is 36.4 Å². The van der Waals surface area contributed by atoms with E-state index in [2.05, 4.69) is 33.8 Å². The molecule has 2 nitrogen and oxygen atoms in total. The second kappa shape index (κ2) is 6.04. The molecule has 0 aliphatic carbocycles. The van der Waals surface area contributed by atoms with Crippen molar-refractivity contribution in [1.29, 1.82) is 0 Å². The molecule has 3 aromatic rings. The first kappa shape index (κ1) is 15.5. The monoisotopic (exact) mass is 306 g/mol. The minimum Gasteiger partial charge on any atom is -0.423 e. The summed E-state index contributed by atoms with van der Waals surface area (Å²) in [6, 6.07) is 15.9. The van der Waals surface area contributed by atoms with Gasteiger partial charge in [-0.05, 0) is 34.6 Å². The van der Waals surface area contributed by atoms with Gasteiger partial charge in [-0.2, -0.15) is 0 Å². The summed E-state index contributed by atoms with van der Waals surface area (Å²) in [5.41, 5.74) is 4.82. The van der Waals surface area contributed by atoms with Gasteiger partial charge in [0.1, 0.15) is 5.58 Å². The van der Waals surface area contributed by atoms with Crippen LogP contribution in [0.5, 0.6) is 0 Å². The van der Waals surface area contributed by atoms with E-state index in [9.17, 15) is 4.79 Å². The van der Waals surface area contributed by atoms with Crippen molar-refractivity contribution in [3.8, 4) is 11.1 Å². The molecular formula is C21H22O2. The number of hydrogen-bond acceptors (Lipinski definition) is 2. The number of fused-ring (bicyclic) bond motifs is 1. The highest BCUT2D eigenvalue weighted by molar-refractivity contribution is 5.96. The maximum Gasteiger partial charge on any atom is 0.336 e. The van der Waals surface area contributed by atoms with E-state index in [4.69, 9.17) is 4.42 Å². The average Bonchev–Trinajstić information content (AvgIpc) is 2.53. The molecule has 0 fully saturated rings. The summed E-state index contributed by atoms with van der Waals surface area (Å²) in [7, 11) is 0. The minimum absolute atomic E-state index is 0.299. The highest BCUT2D eigenvalue weighted by atomic mass is 16.4. The van der Waals surface area contributed by atoms with Gasteiger partial charge in [-0.3, -0.25) is 0 Å². The molecule has 118 valence electrons. The maximum absolute atomic E-state index is 12.1. The molecule has 0 atom stereocenters. The first-order valence-corrected chi connectivity index (χ1v) is 8.14. The zero-order chi connectivity index (χ0) is 16.6. The summed E-state index contributed by atoms with van der Waals surface area (Å²) in [6.45, 7) is 8.67. The van der Waals surface area contributed by atoms with E-state index in [-0.39, 0.29) is 5.63 Å². The van der Waals surface area contributed by atoms with Crippen LogP contribution in [0, 0.1) is 0 Å². The van der Waals surface area contributed by atoms with Gasteiger partial charge in [-0.15, -0.1) is 0 Å². The Kier molecular flexibility index (Phi) is 4.08. The van der Waals surface area contributed by atoms with Gasteiger partial charge < -0.3 is 4.42 Å². The topological polar surface area (TPSA) is 30.2 Å². The van der Waals surface area contributed by atoms with Crippen molar-refractivity contribution in [2.24, 2.45) is 0 Å². The van der Waals surface area contributed by atoms with Crippen LogP contribution in [-0.2, 0) is 0 Å². The van der Waals surface area contributed by atoms with Crippen LogP contribution < -0.4 is 5.63 Å². The Morgan fingerprint density at radius 2 is 1.57 bits per heavy atom. The smallest absolute Gasteiger partial charge is 0.336 e. The second-order valence-electron chi connectivity index (χ2n) is 6.64. The largest absolute Gasteiger partial charge is 0.423 e. The van der Waals surface area contributed by atoms with E-state index >= 15 is 0 Å². The van der Waals surface area contributed by atoms with Crippen LogP contribution in [0.25, 0.3) is 22.1 Å². The van der Waals surface area contributed by atoms with E-state index in [0.717, 1.165) is 16.5 Å². The molecule has 0 spiro atoms. The zero-order valence-electron chi connectivity index (χ0n) is 14.1. The van der Waals surface area contributed by atoms with Gasteiger partial charge in [0.05, 0.1) is 0 Å². The van der Waals surface area contributed by atoms with E-state index in [0.29, 0.717) is 17.4 Å². The molecule has 0 aliphatic rings. The molecule has 0 saturated carbocycles. The lowest BCUT2D eigenvalue weighted by molar-refractivity contribution is 0.560. The molecule has 0 bridgehead atoms. The first-order chi connectivity index (χ1) is 11.0. The molecule has 0 amide bonds. The predicted molar refractivity (Wildman–Crippen MR) is 96.1 cm³/mol. The first-order valence-electron chi connectivity index (χ1n) is 8.14. The van der Waals surface area contributed by atoms with Crippen molar-refractivity contribution in [2.45, 2.75) is 39.5 Å². The quantitative estimate of drug-likeness (QED) is 0.580. The third kappa shape index (κ3) is 2.94. The number of benzene rings is 2. The molecule has 0 radical (unpaired) electrons. The van der Waals surface area contributed by atoms with Gasteiger partial charge in [0.25, 0.3) is 0 Å². The summed E-state index contributed by atoms with van der Waals surface area (Å²) >= 11 is 0. The number of hydrogen-bond donors (Lipinski definition) is 0. The lowest BCUT2D eigenvalue weighted by Crippen LogP contribution is -2.03. The third-order valence-electron chi connectivity index (χ3n) is 4.27. The van der Waals surface area contributed by atoms with Gasteiger partial charge in [0, 0.05) is 17.0 Å². The summed E-state index contributed by atoms with van der Waals surface area (Å²) < 4.78 is 5.55. The molecule has 0 unspecified atom stereocenters. The van der Waals surface area contributed by atoms with Crippen LogP contribution in [0.4, 0.5) is 0 Å². The normalized spacial score (nSPS) is 11.6. The molecule has 0 aliphatic heterocycles. The minimum atomic E-state index is -0.299. The fourth-order valence-electron chi connectivity index (χ4n) is 2.99. The standard InChI is InChI=1S/C21H22O2/c1-13(2)16-10-17(14(3)4)21-18(15-8-6-5-7-9-15)12-20(22)23-19(21)11-16/h5-14H,1-4H3. The second-order valence-corrected chi connectivity index (χ2v) is 6.64. The lowest BCUT2D eigenvalue weighted by Gasteiger charge is -2.17. The SMILES string of the molecule is CC(C)c1cc(C(C)C)c2c(-c3ccccc3)cc(=O)oc2c1. The van der Waals surface area contributed by atoms with Crippen LogP contribution in [-0.4, -0.2) is 0 Å². The molecule has 2 aromatic carbocycles. The fourth-order valence-corrected chi connectivity index (χ4v) is 2.99. The van der Waals surface area contributed by atoms with Gasteiger partial charge >= 0.3 is 5.63 Å². The summed E-state index contributed by atoms with van der Waals surface area (Å²) in [6.07, 6.45) is 0. The Morgan fingerprint density at radius 1 is 0.870 bits per heavy atom. The predicted octanol–water partition coefficient (Wildman–Crippen LogP) is 5.71. The fraction of sp³-hybridized carbons (Fsp3) is 0.286. The summed E-state index contributed by atoms with van der Waals surface area (Å²) in [4.78, 5) is 12.1. The van der Waals surface area contributed by atoms with Crippen LogP contribution in [0.2, 0.25) is 0 Å². The van der Waals surface area contributed by atoms with E-state index in [1.54, 1.807) is 6.07 Å². The maximum atomic E-state index is 12.1. The van der Waals surface area contributed by atoms with Crippen LogP contribution in [0.3, 0.4) is 0 Å². The summed E-state index contributed by atoms with van der Waals surface area (Å²) in [5, 5.41) is 1.05. The van der Waals surface area contributed by atoms with Crippen molar-refractivity contribution in [3.05, 3.63) is 70.1 Å². The molecule has 23 heavy (non-hydrogen) atoms. The molecule has 3 rings (SSSR count). The molecule has 2 heteroatoms. The Bertz CT molecular complexity index is 887. The van der Waals surface area contributed by atoms with Gasteiger partial charge in [0.2, 0.25) is 0 Å². The van der Waals surface area contributed by atoms with Gasteiger partial charge in [-0.25, -0.2) is 4.79 Å². The van der Waals surface area contributed by atoms with Crippen LogP contribution >= 0.6 is 0 Å². The van der Waals surface area contributed by atoms with Gasteiger partial charge in [0.15, 0.2) is 0 Å². The van der Waals surface area contributed by atoms with Crippen molar-refractivity contribution >= 4 is 11.0 Å². The Hall–Kier alpha value is -2.35. The third-order valence-corrected chi connectivity index (χ3v) is 4.27. The van der Waals surface area contributed by atoms with E-state index in [1.165, 1.54) is 11.1 Å². The molecule has 0 N–H and O–H groups in total.